The van der Waals surface area contributed by atoms with Gasteiger partial charge in [0.25, 0.3) is 0 Å². The molecule has 5 nitrogen and oxygen atoms in total. The molecular formula is C19H19N3O2. The van der Waals surface area contributed by atoms with Crippen LogP contribution >= 0.6 is 0 Å². The fourth-order valence-electron chi connectivity index (χ4n) is 2.59. The second kappa shape index (κ2) is 8.06. The Kier molecular flexibility index (Phi) is 5.35. The highest BCUT2D eigenvalue weighted by Crippen LogP contribution is 2.25. The molecule has 5 heteroatoms. The normalized spacial score (nSPS) is 10.7. The van der Waals surface area contributed by atoms with Gasteiger partial charge in [0.1, 0.15) is 18.6 Å². The molecule has 0 bridgehead atoms. The first-order chi connectivity index (χ1) is 11.8. The molecule has 0 radical (unpaired) electrons. The van der Waals surface area contributed by atoms with E-state index < -0.39 is 5.92 Å². The molecule has 0 saturated carbocycles. The molecule has 0 saturated heterocycles. The molecule has 24 heavy (non-hydrogen) atoms. The molecular weight excluding hydrogens is 302 g/mol. The highest BCUT2D eigenvalue weighted by molar-refractivity contribution is 5.82. The lowest BCUT2D eigenvalue weighted by molar-refractivity contribution is -0.144. The van der Waals surface area contributed by atoms with Crippen LogP contribution in [0.15, 0.2) is 73.3 Å². The highest BCUT2D eigenvalue weighted by atomic mass is 16.5. The van der Waals surface area contributed by atoms with Crippen molar-refractivity contribution in [2.24, 2.45) is 0 Å². The first kappa shape index (κ1) is 15.9. The van der Waals surface area contributed by atoms with Crippen LogP contribution in [0.2, 0.25) is 0 Å². The van der Waals surface area contributed by atoms with E-state index in [0.717, 1.165) is 11.1 Å². The zero-order valence-corrected chi connectivity index (χ0v) is 13.3. The minimum absolute atomic E-state index is 0.231. The van der Waals surface area contributed by atoms with Crippen LogP contribution in [0.5, 0.6) is 0 Å². The van der Waals surface area contributed by atoms with Crippen molar-refractivity contribution >= 4 is 5.97 Å². The molecule has 0 amide bonds. The van der Waals surface area contributed by atoms with E-state index in [4.69, 9.17) is 4.74 Å². The number of carbonyl (C=O) groups is 1. The van der Waals surface area contributed by atoms with Gasteiger partial charge in [0, 0.05) is 13.0 Å². The van der Waals surface area contributed by atoms with Crippen LogP contribution in [0.3, 0.4) is 0 Å². The van der Waals surface area contributed by atoms with Crippen molar-refractivity contribution in [3.8, 4) is 0 Å². The highest BCUT2D eigenvalue weighted by Gasteiger charge is 2.23. The fourth-order valence-corrected chi connectivity index (χ4v) is 2.59. The molecule has 3 rings (SSSR count). The standard InChI is InChI=1S/C19H19N3O2/c23-19(24-13-7-12-22-15-20-14-21-22)18(16-8-3-1-4-9-16)17-10-5-2-6-11-17/h1-6,8-11,14-15,18H,7,12-13H2. The molecule has 1 heterocycles. The summed E-state index contributed by atoms with van der Waals surface area (Å²) in [5.74, 6) is -0.634. The van der Waals surface area contributed by atoms with Gasteiger partial charge >= 0.3 is 5.97 Å². The molecule has 3 aromatic rings. The summed E-state index contributed by atoms with van der Waals surface area (Å²) in [5.41, 5.74) is 1.87. The number of nitrogens with zero attached hydrogens (tertiary/aromatic N) is 3. The zero-order valence-electron chi connectivity index (χ0n) is 13.3. The number of hydrogen-bond donors (Lipinski definition) is 0. The van der Waals surface area contributed by atoms with E-state index in [-0.39, 0.29) is 5.97 Å². The Morgan fingerprint density at radius 2 is 1.62 bits per heavy atom. The summed E-state index contributed by atoms with van der Waals surface area (Å²) >= 11 is 0. The summed E-state index contributed by atoms with van der Waals surface area (Å²) < 4.78 is 7.23. The summed E-state index contributed by atoms with van der Waals surface area (Å²) in [6.07, 6.45) is 3.84. The molecule has 0 aliphatic rings. The number of aromatic nitrogens is 3. The van der Waals surface area contributed by atoms with E-state index in [1.807, 2.05) is 60.7 Å². The Balaban J connectivity index is 1.65. The van der Waals surface area contributed by atoms with Crippen LogP contribution in [-0.2, 0) is 16.1 Å². The molecule has 1 aromatic heterocycles. The molecule has 0 aliphatic heterocycles. The van der Waals surface area contributed by atoms with Crippen molar-refractivity contribution in [3.05, 3.63) is 84.4 Å². The zero-order chi connectivity index (χ0) is 16.6. The summed E-state index contributed by atoms with van der Waals surface area (Å²) in [6, 6.07) is 19.4. The maximum Gasteiger partial charge on any atom is 0.317 e. The van der Waals surface area contributed by atoms with Crippen LogP contribution in [0.1, 0.15) is 23.5 Å². The minimum atomic E-state index is -0.404. The van der Waals surface area contributed by atoms with Crippen molar-refractivity contribution < 1.29 is 9.53 Å². The molecule has 0 spiro atoms. The van der Waals surface area contributed by atoms with Gasteiger partial charge in [-0.05, 0) is 11.1 Å². The van der Waals surface area contributed by atoms with Crippen LogP contribution in [0.4, 0.5) is 0 Å². The van der Waals surface area contributed by atoms with Gasteiger partial charge in [0.05, 0.1) is 6.61 Å². The smallest absolute Gasteiger partial charge is 0.317 e. The van der Waals surface area contributed by atoms with Gasteiger partial charge in [0.15, 0.2) is 0 Å². The van der Waals surface area contributed by atoms with E-state index in [0.29, 0.717) is 19.6 Å². The minimum Gasteiger partial charge on any atom is -0.465 e. The Morgan fingerprint density at radius 3 is 2.17 bits per heavy atom. The Bertz CT molecular complexity index is 703. The summed E-state index contributed by atoms with van der Waals surface area (Å²) in [7, 11) is 0. The third kappa shape index (κ3) is 4.07. The van der Waals surface area contributed by atoms with Crippen molar-refractivity contribution in [2.75, 3.05) is 6.61 Å². The summed E-state index contributed by atoms with van der Waals surface area (Å²) in [4.78, 5) is 16.5. The number of aryl methyl sites for hydroxylation is 1. The topological polar surface area (TPSA) is 57.0 Å². The third-order valence-corrected chi connectivity index (χ3v) is 3.74. The van der Waals surface area contributed by atoms with Crippen LogP contribution in [0.25, 0.3) is 0 Å². The molecule has 122 valence electrons. The van der Waals surface area contributed by atoms with E-state index in [2.05, 4.69) is 10.1 Å². The number of benzene rings is 2. The Morgan fingerprint density at radius 1 is 1.00 bits per heavy atom. The molecule has 0 N–H and O–H groups in total. The lowest BCUT2D eigenvalue weighted by Crippen LogP contribution is -2.18. The summed E-state index contributed by atoms with van der Waals surface area (Å²) in [5, 5.41) is 4.03. The maximum atomic E-state index is 12.6. The van der Waals surface area contributed by atoms with E-state index in [1.54, 1.807) is 11.0 Å². The number of rotatable bonds is 7. The van der Waals surface area contributed by atoms with Crippen molar-refractivity contribution in [1.29, 1.82) is 0 Å². The largest absolute Gasteiger partial charge is 0.465 e. The molecule has 2 aromatic carbocycles. The SMILES string of the molecule is O=C(OCCCn1cncn1)C(c1ccccc1)c1ccccc1. The van der Waals surface area contributed by atoms with Gasteiger partial charge in [-0.2, -0.15) is 5.10 Å². The van der Waals surface area contributed by atoms with E-state index in [1.165, 1.54) is 6.33 Å². The first-order valence-corrected chi connectivity index (χ1v) is 7.93. The fraction of sp³-hybridized carbons (Fsp3) is 0.211. The van der Waals surface area contributed by atoms with Gasteiger partial charge in [-0.3, -0.25) is 9.48 Å². The second-order valence-corrected chi connectivity index (χ2v) is 5.43. The predicted octanol–water partition coefficient (Wildman–Crippen LogP) is 3.04. The van der Waals surface area contributed by atoms with E-state index >= 15 is 0 Å². The average Bonchev–Trinajstić information content (AvgIpc) is 3.14. The maximum absolute atomic E-state index is 12.6. The first-order valence-electron chi connectivity index (χ1n) is 7.93. The van der Waals surface area contributed by atoms with Gasteiger partial charge in [-0.15, -0.1) is 0 Å². The van der Waals surface area contributed by atoms with Crippen LogP contribution in [0, 0.1) is 0 Å². The molecule has 0 atom stereocenters. The van der Waals surface area contributed by atoms with Crippen LogP contribution in [-0.4, -0.2) is 27.3 Å². The number of ether oxygens (including phenoxy) is 1. The lowest BCUT2D eigenvalue weighted by Gasteiger charge is -2.17. The number of hydrogen-bond acceptors (Lipinski definition) is 4. The Hall–Kier alpha value is -2.95. The number of carbonyl (C=O) groups excluding carboxylic acids is 1. The van der Waals surface area contributed by atoms with Gasteiger partial charge < -0.3 is 4.74 Å². The molecule has 0 unspecified atom stereocenters. The number of esters is 1. The van der Waals surface area contributed by atoms with Crippen molar-refractivity contribution in [1.82, 2.24) is 14.8 Å². The van der Waals surface area contributed by atoms with Gasteiger partial charge in [-0.1, -0.05) is 60.7 Å². The van der Waals surface area contributed by atoms with Crippen molar-refractivity contribution in [3.63, 3.8) is 0 Å². The van der Waals surface area contributed by atoms with Crippen molar-refractivity contribution in [2.45, 2.75) is 18.9 Å². The van der Waals surface area contributed by atoms with E-state index in [9.17, 15) is 4.79 Å². The van der Waals surface area contributed by atoms with Crippen LogP contribution < -0.4 is 0 Å². The van der Waals surface area contributed by atoms with Gasteiger partial charge in [-0.25, -0.2) is 4.98 Å². The third-order valence-electron chi connectivity index (χ3n) is 3.74. The second-order valence-electron chi connectivity index (χ2n) is 5.43. The monoisotopic (exact) mass is 321 g/mol. The average molecular weight is 321 g/mol. The van der Waals surface area contributed by atoms with Gasteiger partial charge in [0.2, 0.25) is 0 Å². The molecule has 0 fully saturated rings. The predicted molar refractivity (Wildman–Crippen MR) is 90.3 cm³/mol. The lowest BCUT2D eigenvalue weighted by atomic mass is 9.91. The molecule has 0 aliphatic carbocycles. The summed E-state index contributed by atoms with van der Waals surface area (Å²) in [6.45, 7) is 1.03. The Labute approximate surface area is 140 Å². The quantitative estimate of drug-likeness (QED) is 0.496.